The Bertz CT molecular complexity index is 1630. The smallest absolute Gasteiger partial charge is 0.306 e. The Kier molecular flexibility index (Phi) is 10.8. The van der Waals surface area contributed by atoms with Crippen LogP contribution in [-0.4, -0.2) is 87.0 Å². The summed E-state index contributed by atoms with van der Waals surface area (Å²) in [5.41, 5.74) is 3.26. The van der Waals surface area contributed by atoms with Crippen LogP contribution in [0.2, 0.25) is 5.15 Å². The van der Waals surface area contributed by atoms with Gasteiger partial charge in [-0.2, -0.15) is 18.3 Å². The molecule has 0 amide bonds. The zero-order chi connectivity index (χ0) is 31.3. The van der Waals surface area contributed by atoms with Gasteiger partial charge in [-0.3, -0.25) is 19.5 Å². The third-order valence-electron chi connectivity index (χ3n) is 7.43. The summed E-state index contributed by atoms with van der Waals surface area (Å²) in [6, 6.07) is 5.84. The molecule has 10 nitrogen and oxygen atoms in total. The summed E-state index contributed by atoms with van der Waals surface area (Å²) < 4.78 is 40.5. The molecule has 4 aromatic rings. The SMILES string of the molecule is CN(Cc1c(C[C@H](C=O)CC=O)cc(Br)c2n[nH]c(Cl)c12)CC(F)(F)F.CN1CCC(n2c(=O)[nH]c3ncccc32)CC1. The Balaban J connectivity index is 0.000000213. The van der Waals surface area contributed by atoms with Crippen molar-refractivity contribution in [2.24, 2.45) is 5.92 Å². The summed E-state index contributed by atoms with van der Waals surface area (Å²) in [5.74, 6) is -0.561. The van der Waals surface area contributed by atoms with Crippen LogP contribution in [0.25, 0.3) is 22.1 Å². The van der Waals surface area contributed by atoms with Gasteiger partial charge in [0.15, 0.2) is 5.65 Å². The Morgan fingerprint density at radius 1 is 1.28 bits per heavy atom. The molecule has 43 heavy (non-hydrogen) atoms. The number of hydrogen-bond donors (Lipinski definition) is 2. The van der Waals surface area contributed by atoms with Crippen LogP contribution in [0, 0.1) is 5.92 Å². The number of likely N-dealkylation sites (tertiary alicyclic amines) is 1. The summed E-state index contributed by atoms with van der Waals surface area (Å²) in [5, 5.41) is 7.39. The first-order valence-corrected chi connectivity index (χ1v) is 14.8. The van der Waals surface area contributed by atoms with E-state index in [1.165, 1.54) is 7.05 Å². The Hall–Kier alpha value is -3.07. The fourth-order valence-corrected chi connectivity index (χ4v) is 6.21. The Morgan fingerprint density at radius 3 is 2.65 bits per heavy atom. The average molecular weight is 687 g/mol. The average Bonchev–Trinajstić information content (AvgIpc) is 3.50. The molecule has 2 N–H and O–H groups in total. The highest BCUT2D eigenvalue weighted by molar-refractivity contribution is 9.10. The van der Waals surface area contributed by atoms with Gasteiger partial charge in [-0.25, -0.2) is 9.78 Å². The van der Waals surface area contributed by atoms with Crippen LogP contribution in [-0.2, 0) is 22.6 Å². The van der Waals surface area contributed by atoms with Crippen LogP contribution in [0.3, 0.4) is 0 Å². The summed E-state index contributed by atoms with van der Waals surface area (Å²) in [6.45, 7) is 0.962. The molecule has 1 atom stereocenters. The highest BCUT2D eigenvalue weighted by atomic mass is 79.9. The number of aromatic nitrogens is 5. The highest BCUT2D eigenvalue weighted by Crippen LogP contribution is 2.35. The van der Waals surface area contributed by atoms with Crippen LogP contribution in [0.15, 0.2) is 33.7 Å². The Morgan fingerprint density at radius 2 is 2.00 bits per heavy atom. The van der Waals surface area contributed by atoms with Gasteiger partial charge in [0.2, 0.25) is 0 Å². The lowest BCUT2D eigenvalue weighted by Crippen LogP contribution is -2.34. The number of alkyl halides is 3. The van der Waals surface area contributed by atoms with Crippen molar-refractivity contribution < 1.29 is 22.8 Å². The molecular weight excluding hydrogens is 655 g/mol. The number of carbonyl (C=O) groups excluding carboxylic acids is 2. The van der Waals surface area contributed by atoms with Gasteiger partial charge in [0, 0.05) is 41.0 Å². The molecule has 1 saturated heterocycles. The number of nitrogens with one attached hydrogen (secondary N) is 2. The third-order valence-corrected chi connectivity index (χ3v) is 8.31. The molecule has 0 spiro atoms. The number of hydrogen-bond acceptors (Lipinski definition) is 7. The number of imidazole rings is 1. The van der Waals surface area contributed by atoms with Crippen LogP contribution in [0.4, 0.5) is 13.2 Å². The maximum atomic E-state index is 12.7. The fraction of sp³-hybridized carbons (Fsp3) is 0.464. The largest absolute Gasteiger partial charge is 0.401 e. The maximum Gasteiger partial charge on any atom is 0.401 e. The van der Waals surface area contributed by atoms with E-state index in [1.807, 2.05) is 16.7 Å². The molecule has 1 aliphatic rings. The van der Waals surface area contributed by atoms with Crippen LogP contribution in [0.1, 0.15) is 36.4 Å². The summed E-state index contributed by atoms with van der Waals surface area (Å²) in [6.07, 6.45) is 0.989. The summed E-state index contributed by atoms with van der Waals surface area (Å²) in [4.78, 5) is 44.3. The van der Waals surface area contributed by atoms with Crippen molar-refractivity contribution >= 4 is 62.2 Å². The standard InChI is InChI=1S/C16H16BrClF3N3O2.C12H16N4O/c1-24(8-16(19,20)21)6-11-10(4-9(7-26)2-3-25)5-12(17)14-13(11)15(18)23-22-14;1-15-7-4-9(5-8-15)16-10-3-2-6-13-11(10)14-12(16)17/h3,5,7,9H,2,4,6,8H2,1H3,(H,22,23);2-3,6,9H,4-5,7-8H2,1H3,(H,13,14,17)/t9-;/m1./s1. The number of pyridine rings is 1. The predicted molar refractivity (Wildman–Crippen MR) is 161 cm³/mol. The van der Waals surface area contributed by atoms with E-state index in [-0.39, 0.29) is 30.2 Å². The summed E-state index contributed by atoms with van der Waals surface area (Å²) >= 11 is 9.53. The lowest BCUT2D eigenvalue weighted by molar-refractivity contribution is -0.144. The molecule has 1 aromatic carbocycles. The number of fused-ring (bicyclic) bond motifs is 2. The number of benzene rings is 1. The quantitative estimate of drug-likeness (QED) is 0.240. The van der Waals surface area contributed by atoms with Gasteiger partial charge in [0.05, 0.1) is 12.1 Å². The van der Waals surface area contributed by atoms with Gasteiger partial charge >= 0.3 is 11.9 Å². The minimum Gasteiger partial charge on any atom is -0.306 e. The molecule has 0 saturated carbocycles. The van der Waals surface area contributed by atoms with Crippen molar-refractivity contribution in [3.63, 3.8) is 0 Å². The molecule has 3 aromatic heterocycles. The number of carbonyl (C=O) groups is 2. The monoisotopic (exact) mass is 685 g/mol. The molecule has 0 bridgehead atoms. The third kappa shape index (κ3) is 8.11. The first-order valence-electron chi connectivity index (χ1n) is 13.6. The lowest BCUT2D eigenvalue weighted by Gasteiger charge is -2.29. The molecule has 5 rings (SSSR count). The second kappa shape index (κ2) is 14.1. The number of nitrogens with zero attached hydrogens (tertiary/aromatic N) is 5. The van der Waals surface area contributed by atoms with Gasteiger partial charge in [-0.15, -0.1) is 0 Å². The van der Waals surface area contributed by atoms with Gasteiger partial charge in [-0.05, 0) is 91.7 Å². The van der Waals surface area contributed by atoms with E-state index in [2.05, 4.69) is 48.0 Å². The second-order valence-electron chi connectivity index (χ2n) is 10.8. The molecule has 0 radical (unpaired) electrons. The summed E-state index contributed by atoms with van der Waals surface area (Å²) in [7, 11) is 3.47. The number of halogens is 5. The maximum absolute atomic E-state index is 12.7. The van der Waals surface area contributed by atoms with E-state index in [9.17, 15) is 27.6 Å². The second-order valence-corrected chi connectivity index (χ2v) is 12.0. The van der Waals surface area contributed by atoms with E-state index < -0.39 is 18.6 Å². The van der Waals surface area contributed by atoms with Gasteiger partial charge in [0.1, 0.15) is 23.2 Å². The fourth-order valence-electron chi connectivity index (χ4n) is 5.40. The molecule has 4 heterocycles. The molecule has 1 fully saturated rings. The number of aromatic amines is 2. The molecule has 0 unspecified atom stereocenters. The van der Waals surface area contributed by atoms with Crippen molar-refractivity contribution in [2.75, 3.05) is 33.7 Å². The number of piperidine rings is 1. The first kappa shape index (κ1) is 32.8. The number of rotatable bonds is 9. The minimum absolute atomic E-state index is 0.0340. The van der Waals surface area contributed by atoms with Crippen LogP contribution < -0.4 is 5.69 Å². The molecule has 1 aliphatic heterocycles. The van der Waals surface area contributed by atoms with Crippen LogP contribution >= 0.6 is 27.5 Å². The zero-order valence-corrected chi connectivity index (χ0v) is 26.0. The van der Waals surface area contributed by atoms with Crippen molar-refractivity contribution in [1.29, 1.82) is 0 Å². The normalized spacial score (nSPS) is 15.5. The minimum atomic E-state index is -4.34. The molecule has 15 heteroatoms. The van der Waals surface area contributed by atoms with Crippen molar-refractivity contribution in [3.05, 3.63) is 55.6 Å². The van der Waals surface area contributed by atoms with Crippen molar-refractivity contribution in [1.82, 2.24) is 34.5 Å². The van der Waals surface area contributed by atoms with Crippen molar-refractivity contribution in [3.8, 4) is 0 Å². The van der Waals surface area contributed by atoms with E-state index in [4.69, 9.17) is 11.6 Å². The van der Waals surface area contributed by atoms with E-state index in [1.54, 1.807) is 12.3 Å². The first-order chi connectivity index (χ1) is 20.4. The van der Waals surface area contributed by atoms with Gasteiger partial charge in [0.25, 0.3) is 0 Å². The van der Waals surface area contributed by atoms with Crippen molar-refractivity contribution in [2.45, 2.75) is 44.4 Å². The van der Waals surface area contributed by atoms with E-state index in [0.717, 1.165) is 36.3 Å². The topological polar surface area (TPSA) is 120 Å². The highest BCUT2D eigenvalue weighted by Gasteiger charge is 2.30. The van der Waals surface area contributed by atoms with Gasteiger partial charge in [-0.1, -0.05) is 11.6 Å². The predicted octanol–water partition coefficient (Wildman–Crippen LogP) is 4.91. The van der Waals surface area contributed by atoms with Crippen LogP contribution in [0.5, 0.6) is 0 Å². The number of H-pyrrole nitrogens is 2. The van der Waals surface area contributed by atoms with Gasteiger partial charge < -0.3 is 14.5 Å². The lowest BCUT2D eigenvalue weighted by atomic mass is 9.92. The number of aldehydes is 2. The molecular formula is C28H32BrClF3N7O3. The zero-order valence-electron chi connectivity index (χ0n) is 23.6. The van der Waals surface area contributed by atoms with E-state index in [0.29, 0.717) is 50.8 Å². The molecule has 0 aliphatic carbocycles. The van der Waals surface area contributed by atoms with E-state index >= 15 is 0 Å². The Labute approximate surface area is 258 Å². The molecule has 232 valence electrons.